The lowest BCUT2D eigenvalue weighted by Gasteiger charge is -2.12. The van der Waals surface area contributed by atoms with Crippen LogP contribution >= 0.6 is 46.6 Å². The number of hydrazone groups is 1. The first-order valence-electron chi connectivity index (χ1n) is 9.14. The Hall–Kier alpha value is -1.92. The number of amides is 1. The third-order valence-electron chi connectivity index (χ3n) is 4.46. The number of hydrogen-bond donors (Lipinski definition) is 1. The van der Waals surface area contributed by atoms with Gasteiger partial charge < -0.3 is 4.57 Å². The van der Waals surface area contributed by atoms with E-state index in [9.17, 15) is 4.79 Å². The molecule has 0 fully saturated rings. The third kappa shape index (κ3) is 5.61. The topological polar surface area (TPSA) is 46.4 Å². The summed E-state index contributed by atoms with van der Waals surface area (Å²) >= 11 is 20.1. The van der Waals surface area contributed by atoms with E-state index in [1.54, 1.807) is 18.3 Å². The van der Waals surface area contributed by atoms with E-state index in [1.165, 1.54) is 11.8 Å². The summed E-state index contributed by atoms with van der Waals surface area (Å²) in [6, 6.07) is 14.9. The molecule has 0 aliphatic carbocycles. The van der Waals surface area contributed by atoms with E-state index in [0.29, 0.717) is 26.6 Å². The quantitative estimate of drug-likeness (QED) is 0.312. The highest BCUT2D eigenvalue weighted by Crippen LogP contribution is 2.28. The summed E-state index contributed by atoms with van der Waals surface area (Å²) in [7, 11) is 0. The number of aryl methyl sites for hydroxylation is 1. The highest BCUT2D eigenvalue weighted by Gasteiger charge is 2.13. The Balaban J connectivity index is 1.61. The van der Waals surface area contributed by atoms with Gasteiger partial charge >= 0.3 is 0 Å². The van der Waals surface area contributed by atoms with Gasteiger partial charge in [-0.2, -0.15) is 5.10 Å². The number of carbonyl (C=O) groups is 1. The second-order valence-corrected chi connectivity index (χ2v) is 8.87. The van der Waals surface area contributed by atoms with Gasteiger partial charge in [0, 0.05) is 32.7 Å². The fraction of sp³-hybridized carbons (Fsp3) is 0.182. The molecule has 30 heavy (non-hydrogen) atoms. The second-order valence-electron chi connectivity index (χ2n) is 6.64. The van der Waals surface area contributed by atoms with Crippen molar-refractivity contribution in [3.05, 3.63) is 86.1 Å². The SMILES string of the molecule is Cc1cc(/C=N\NC(=O)CSCc2ccccc2Cl)c(C)n1-c1cc(Cl)ccc1Cl. The summed E-state index contributed by atoms with van der Waals surface area (Å²) < 4.78 is 2.01. The number of aromatic nitrogens is 1. The standard InChI is InChI=1S/C22H20Cl3N3OS/c1-14-9-17(15(2)28(14)21-10-18(23)7-8-20(21)25)11-26-27-22(29)13-30-12-16-5-3-4-6-19(16)24/h3-11H,12-13H2,1-2H3,(H,27,29)/b26-11-. The van der Waals surface area contributed by atoms with Gasteiger partial charge in [0.2, 0.25) is 5.91 Å². The molecule has 3 aromatic rings. The fourth-order valence-corrected chi connectivity index (χ4v) is 4.50. The Morgan fingerprint density at radius 2 is 1.87 bits per heavy atom. The van der Waals surface area contributed by atoms with Crippen LogP contribution in [0, 0.1) is 13.8 Å². The molecule has 156 valence electrons. The number of carbonyl (C=O) groups excluding carboxylic acids is 1. The minimum absolute atomic E-state index is 0.171. The van der Waals surface area contributed by atoms with Gasteiger partial charge in [-0.25, -0.2) is 5.43 Å². The van der Waals surface area contributed by atoms with Crippen LogP contribution in [-0.4, -0.2) is 22.4 Å². The average Bonchev–Trinajstić information content (AvgIpc) is 2.98. The predicted molar refractivity (Wildman–Crippen MR) is 129 cm³/mol. The molecule has 0 saturated carbocycles. The molecule has 1 N–H and O–H groups in total. The Kier molecular flexibility index (Phi) is 7.89. The van der Waals surface area contributed by atoms with Crippen molar-refractivity contribution in [1.82, 2.24) is 9.99 Å². The molecule has 0 aliphatic rings. The Morgan fingerprint density at radius 1 is 1.10 bits per heavy atom. The molecular weight excluding hydrogens is 461 g/mol. The summed E-state index contributed by atoms with van der Waals surface area (Å²) in [5.74, 6) is 0.785. The molecule has 0 spiro atoms. The van der Waals surface area contributed by atoms with E-state index in [-0.39, 0.29) is 5.91 Å². The van der Waals surface area contributed by atoms with E-state index in [1.807, 2.05) is 54.8 Å². The average molecular weight is 481 g/mol. The molecule has 0 aliphatic heterocycles. The lowest BCUT2D eigenvalue weighted by Crippen LogP contribution is -2.19. The van der Waals surface area contributed by atoms with Crippen molar-refractivity contribution in [3.63, 3.8) is 0 Å². The van der Waals surface area contributed by atoms with Crippen molar-refractivity contribution in [1.29, 1.82) is 0 Å². The van der Waals surface area contributed by atoms with Gasteiger partial charge in [0.1, 0.15) is 0 Å². The maximum absolute atomic E-state index is 12.1. The lowest BCUT2D eigenvalue weighted by atomic mass is 10.2. The minimum Gasteiger partial charge on any atom is -0.316 e. The zero-order valence-corrected chi connectivity index (χ0v) is 19.5. The molecule has 0 saturated heterocycles. The van der Waals surface area contributed by atoms with Crippen LogP contribution < -0.4 is 5.43 Å². The Morgan fingerprint density at radius 3 is 2.63 bits per heavy atom. The summed E-state index contributed by atoms with van der Waals surface area (Å²) in [5, 5.41) is 6.02. The molecule has 1 aromatic heterocycles. The smallest absolute Gasteiger partial charge is 0.250 e. The van der Waals surface area contributed by atoms with E-state index < -0.39 is 0 Å². The van der Waals surface area contributed by atoms with E-state index in [4.69, 9.17) is 34.8 Å². The molecule has 1 heterocycles. The number of hydrogen-bond acceptors (Lipinski definition) is 3. The highest BCUT2D eigenvalue weighted by molar-refractivity contribution is 7.99. The Labute approximate surface area is 195 Å². The van der Waals surface area contributed by atoms with E-state index in [2.05, 4.69) is 10.5 Å². The minimum atomic E-state index is -0.171. The molecule has 2 aromatic carbocycles. The molecule has 0 unspecified atom stereocenters. The zero-order chi connectivity index (χ0) is 21.7. The van der Waals surface area contributed by atoms with E-state index in [0.717, 1.165) is 28.2 Å². The molecular formula is C22H20Cl3N3OS. The van der Waals surface area contributed by atoms with Gasteiger partial charge in [0.05, 0.1) is 22.7 Å². The second kappa shape index (κ2) is 10.4. The van der Waals surface area contributed by atoms with Crippen molar-refractivity contribution < 1.29 is 4.79 Å². The van der Waals surface area contributed by atoms with Crippen molar-refractivity contribution in [2.45, 2.75) is 19.6 Å². The maximum atomic E-state index is 12.1. The first kappa shape index (κ1) is 22.8. The Bertz CT molecular complexity index is 1100. The third-order valence-corrected chi connectivity index (χ3v) is 6.37. The summed E-state index contributed by atoms with van der Waals surface area (Å²) in [5.41, 5.74) is 7.19. The molecule has 3 rings (SSSR count). The van der Waals surface area contributed by atoms with Crippen molar-refractivity contribution in [2.24, 2.45) is 5.10 Å². The van der Waals surface area contributed by atoms with Gasteiger partial charge in [-0.15, -0.1) is 11.8 Å². The molecule has 0 radical (unpaired) electrons. The predicted octanol–water partition coefficient (Wildman–Crippen LogP) is 6.44. The molecule has 0 bridgehead atoms. The van der Waals surface area contributed by atoms with Gasteiger partial charge in [0.15, 0.2) is 0 Å². The van der Waals surface area contributed by atoms with Crippen LogP contribution in [0.5, 0.6) is 0 Å². The molecule has 0 atom stereocenters. The number of halogens is 3. The number of thioether (sulfide) groups is 1. The number of nitrogens with zero attached hydrogens (tertiary/aromatic N) is 2. The summed E-state index contributed by atoms with van der Waals surface area (Å²) in [6.45, 7) is 3.94. The van der Waals surface area contributed by atoms with Crippen LogP contribution in [0.4, 0.5) is 0 Å². The van der Waals surface area contributed by atoms with Crippen molar-refractivity contribution >= 4 is 58.7 Å². The largest absolute Gasteiger partial charge is 0.316 e. The van der Waals surface area contributed by atoms with Crippen LogP contribution in [0.25, 0.3) is 5.69 Å². The van der Waals surface area contributed by atoms with Crippen LogP contribution in [0.15, 0.2) is 53.6 Å². The monoisotopic (exact) mass is 479 g/mol. The van der Waals surface area contributed by atoms with Crippen molar-refractivity contribution in [2.75, 3.05) is 5.75 Å². The highest BCUT2D eigenvalue weighted by atomic mass is 35.5. The lowest BCUT2D eigenvalue weighted by molar-refractivity contribution is -0.118. The molecule has 8 heteroatoms. The van der Waals surface area contributed by atoms with Crippen molar-refractivity contribution in [3.8, 4) is 5.69 Å². The normalized spacial score (nSPS) is 11.2. The number of benzene rings is 2. The van der Waals surface area contributed by atoms with Gasteiger partial charge in [-0.05, 0) is 49.7 Å². The molecule has 1 amide bonds. The van der Waals surface area contributed by atoms with Gasteiger partial charge in [-0.1, -0.05) is 53.0 Å². The van der Waals surface area contributed by atoms with Gasteiger partial charge in [0.25, 0.3) is 0 Å². The zero-order valence-electron chi connectivity index (χ0n) is 16.5. The maximum Gasteiger partial charge on any atom is 0.250 e. The van der Waals surface area contributed by atoms with Gasteiger partial charge in [-0.3, -0.25) is 4.79 Å². The summed E-state index contributed by atoms with van der Waals surface area (Å²) in [6.07, 6.45) is 1.63. The first-order chi connectivity index (χ1) is 14.4. The molecule has 4 nitrogen and oxygen atoms in total. The first-order valence-corrected chi connectivity index (χ1v) is 11.4. The van der Waals surface area contributed by atoms with Crippen LogP contribution in [-0.2, 0) is 10.5 Å². The fourth-order valence-electron chi connectivity index (χ4n) is 3.02. The number of rotatable bonds is 7. The van der Waals surface area contributed by atoms with Crippen LogP contribution in [0.2, 0.25) is 15.1 Å². The van der Waals surface area contributed by atoms with Crippen LogP contribution in [0.1, 0.15) is 22.5 Å². The van der Waals surface area contributed by atoms with E-state index >= 15 is 0 Å². The number of nitrogens with one attached hydrogen (secondary N) is 1. The summed E-state index contributed by atoms with van der Waals surface area (Å²) in [4.78, 5) is 12.1. The van der Waals surface area contributed by atoms with Crippen LogP contribution in [0.3, 0.4) is 0 Å².